The van der Waals surface area contributed by atoms with Gasteiger partial charge in [-0.15, -0.1) is 0 Å². The number of nitrogens with zero attached hydrogens (tertiary/aromatic N) is 1. The van der Waals surface area contributed by atoms with Crippen molar-refractivity contribution in [2.45, 2.75) is 12.5 Å². The number of amides is 1. The van der Waals surface area contributed by atoms with Crippen LogP contribution < -0.4 is 10.5 Å². The van der Waals surface area contributed by atoms with Crippen LogP contribution in [0.1, 0.15) is 17.3 Å². The van der Waals surface area contributed by atoms with Crippen LogP contribution in [0.5, 0.6) is 11.5 Å². The lowest BCUT2D eigenvalue weighted by molar-refractivity contribution is 0.0450. The van der Waals surface area contributed by atoms with Gasteiger partial charge >= 0.3 is 0 Å². The Morgan fingerprint density at radius 3 is 2.71 bits per heavy atom. The number of carbonyl (C=O) groups excluding carboxylic acids is 1. The molecule has 1 aromatic rings. The first-order chi connectivity index (χ1) is 7.93. The average Bonchev–Trinajstić information content (AvgIpc) is 2.25. The Labute approximate surface area is 99.8 Å². The van der Waals surface area contributed by atoms with Crippen molar-refractivity contribution in [2.24, 2.45) is 5.73 Å². The van der Waals surface area contributed by atoms with E-state index in [1.54, 1.807) is 11.0 Å². The van der Waals surface area contributed by atoms with Crippen molar-refractivity contribution in [3.8, 4) is 11.5 Å². The summed E-state index contributed by atoms with van der Waals surface area (Å²) in [5, 5.41) is 9.67. The number of aromatic hydroxyl groups is 1. The third kappa shape index (κ3) is 2.19. The van der Waals surface area contributed by atoms with Gasteiger partial charge in [0.25, 0.3) is 5.91 Å². The van der Waals surface area contributed by atoms with Crippen molar-refractivity contribution < 1.29 is 14.6 Å². The van der Waals surface area contributed by atoms with Gasteiger partial charge in [-0.25, -0.2) is 0 Å². The molecule has 0 radical (unpaired) electrons. The van der Waals surface area contributed by atoms with Crippen LogP contribution in [-0.2, 0) is 0 Å². The lowest BCUT2D eigenvalue weighted by Crippen LogP contribution is -2.66. The monoisotopic (exact) mass is 236 g/mol. The first-order valence-electron chi connectivity index (χ1n) is 5.38. The zero-order valence-corrected chi connectivity index (χ0v) is 9.93. The van der Waals surface area contributed by atoms with Crippen LogP contribution in [0.15, 0.2) is 18.2 Å². The first-order valence-corrected chi connectivity index (χ1v) is 5.38. The topological polar surface area (TPSA) is 75.8 Å². The molecule has 0 unspecified atom stereocenters. The van der Waals surface area contributed by atoms with Gasteiger partial charge in [-0.05, 0) is 25.1 Å². The van der Waals surface area contributed by atoms with Crippen molar-refractivity contribution in [3.63, 3.8) is 0 Å². The highest BCUT2D eigenvalue weighted by Gasteiger charge is 2.38. The van der Waals surface area contributed by atoms with Crippen LogP contribution in [0.4, 0.5) is 0 Å². The summed E-state index contributed by atoms with van der Waals surface area (Å²) in [5.74, 6) is 0.285. The predicted molar refractivity (Wildman–Crippen MR) is 63.2 cm³/mol. The number of phenolic OH excluding ortho intramolecular Hbond substituents is 1. The molecule has 1 fully saturated rings. The smallest absolute Gasteiger partial charge is 0.257 e. The summed E-state index contributed by atoms with van der Waals surface area (Å²) in [6, 6.07) is 4.59. The molecule has 0 atom stereocenters. The number of benzene rings is 1. The minimum atomic E-state index is -0.315. The largest absolute Gasteiger partial charge is 0.507 e. The maximum Gasteiger partial charge on any atom is 0.257 e. The third-order valence-corrected chi connectivity index (χ3v) is 2.83. The highest BCUT2D eigenvalue weighted by molar-refractivity contribution is 5.97. The molecule has 17 heavy (non-hydrogen) atoms. The van der Waals surface area contributed by atoms with E-state index in [-0.39, 0.29) is 22.8 Å². The number of hydrogen-bond acceptors (Lipinski definition) is 4. The van der Waals surface area contributed by atoms with Crippen LogP contribution >= 0.6 is 0 Å². The molecule has 1 saturated heterocycles. The fourth-order valence-electron chi connectivity index (χ4n) is 1.95. The second-order valence-corrected chi connectivity index (χ2v) is 4.70. The van der Waals surface area contributed by atoms with E-state index in [1.165, 1.54) is 19.2 Å². The van der Waals surface area contributed by atoms with Crippen LogP contribution in [-0.4, -0.2) is 41.7 Å². The standard InChI is InChI=1S/C12H16N2O3/c1-12(13)6-14(7-12)11(16)9-5-8(17-2)3-4-10(9)15/h3-5,15H,6-7,13H2,1-2H3. The van der Waals surface area contributed by atoms with E-state index < -0.39 is 0 Å². The van der Waals surface area contributed by atoms with Crippen molar-refractivity contribution >= 4 is 5.91 Å². The second kappa shape index (κ2) is 3.92. The van der Waals surface area contributed by atoms with Gasteiger partial charge in [-0.2, -0.15) is 0 Å². The molecule has 1 aliphatic rings. The quantitative estimate of drug-likeness (QED) is 0.787. The number of ether oxygens (including phenoxy) is 1. The van der Waals surface area contributed by atoms with E-state index in [0.29, 0.717) is 18.8 Å². The Hall–Kier alpha value is -1.75. The summed E-state index contributed by atoms with van der Waals surface area (Å²) in [6.07, 6.45) is 0. The third-order valence-electron chi connectivity index (χ3n) is 2.83. The first kappa shape index (κ1) is 11.7. The summed E-state index contributed by atoms with van der Waals surface area (Å²) < 4.78 is 5.03. The Kier molecular flexibility index (Phi) is 2.71. The number of phenols is 1. The minimum Gasteiger partial charge on any atom is -0.507 e. The summed E-state index contributed by atoms with van der Waals surface area (Å²) in [7, 11) is 1.52. The number of carbonyl (C=O) groups is 1. The lowest BCUT2D eigenvalue weighted by atomic mass is 9.93. The van der Waals surface area contributed by atoms with E-state index in [0.717, 1.165) is 0 Å². The van der Waals surface area contributed by atoms with E-state index in [9.17, 15) is 9.90 Å². The van der Waals surface area contributed by atoms with Gasteiger partial charge in [-0.3, -0.25) is 4.79 Å². The molecule has 0 saturated carbocycles. The molecule has 3 N–H and O–H groups in total. The van der Waals surface area contributed by atoms with Gasteiger partial charge in [0, 0.05) is 18.6 Å². The SMILES string of the molecule is COc1ccc(O)c(C(=O)N2CC(C)(N)C2)c1. The van der Waals surface area contributed by atoms with Gasteiger partial charge in [0.2, 0.25) is 0 Å². The Balaban J connectivity index is 2.20. The van der Waals surface area contributed by atoms with Crippen molar-refractivity contribution in [3.05, 3.63) is 23.8 Å². The second-order valence-electron chi connectivity index (χ2n) is 4.70. The number of methoxy groups -OCH3 is 1. The highest BCUT2D eigenvalue weighted by Crippen LogP contribution is 2.27. The van der Waals surface area contributed by atoms with E-state index in [4.69, 9.17) is 10.5 Å². The maximum atomic E-state index is 12.1. The van der Waals surface area contributed by atoms with Gasteiger partial charge in [-0.1, -0.05) is 0 Å². The van der Waals surface area contributed by atoms with Crippen LogP contribution in [0.25, 0.3) is 0 Å². The Morgan fingerprint density at radius 2 is 2.18 bits per heavy atom. The molecule has 5 nitrogen and oxygen atoms in total. The number of rotatable bonds is 2. The predicted octanol–water partition coefficient (Wildman–Crippen LogP) is 0.574. The lowest BCUT2D eigenvalue weighted by Gasteiger charge is -2.45. The zero-order valence-electron chi connectivity index (χ0n) is 9.93. The van der Waals surface area contributed by atoms with E-state index in [1.807, 2.05) is 6.92 Å². The molecule has 92 valence electrons. The van der Waals surface area contributed by atoms with Crippen molar-refractivity contribution in [1.29, 1.82) is 0 Å². The van der Waals surface area contributed by atoms with Gasteiger partial charge < -0.3 is 20.5 Å². The molecule has 0 spiro atoms. The molecule has 2 rings (SSSR count). The molecule has 1 aliphatic heterocycles. The molecule has 0 aliphatic carbocycles. The highest BCUT2D eigenvalue weighted by atomic mass is 16.5. The van der Waals surface area contributed by atoms with Gasteiger partial charge in [0.1, 0.15) is 11.5 Å². The fraction of sp³-hybridized carbons (Fsp3) is 0.417. The molecule has 1 amide bonds. The molecule has 1 aromatic carbocycles. The molecule has 0 aromatic heterocycles. The van der Waals surface area contributed by atoms with E-state index >= 15 is 0 Å². The number of nitrogens with two attached hydrogens (primary N) is 1. The van der Waals surface area contributed by atoms with Crippen molar-refractivity contribution in [2.75, 3.05) is 20.2 Å². The average molecular weight is 236 g/mol. The summed E-state index contributed by atoms with van der Waals surface area (Å²) in [5.41, 5.74) is 5.78. The van der Waals surface area contributed by atoms with Crippen LogP contribution in [0, 0.1) is 0 Å². The summed E-state index contributed by atoms with van der Waals surface area (Å²) in [6.45, 7) is 2.90. The summed E-state index contributed by atoms with van der Waals surface area (Å²) >= 11 is 0. The molecule has 0 bridgehead atoms. The van der Waals surface area contributed by atoms with E-state index in [2.05, 4.69) is 0 Å². The number of likely N-dealkylation sites (tertiary alicyclic amines) is 1. The Bertz CT molecular complexity index is 449. The fourth-order valence-corrected chi connectivity index (χ4v) is 1.95. The Morgan fingerprint density at radius 1 is 1.53 bits per heavy atom. The molecule has 5 heteroatoms. The summed E-state index contributed by atoms with van der Waals surface area (Å²) in [4.78, 5) is 13.7. The molecular weight excluding hydrogens is 220 g/mol. The van der Waals surface area contributed by atoms with Crippen LogP contribution in [0.3, 0.4) is 0 Å². The van der Waals surface area contributed by atoms with Crippen molar-refractivity contribution in [1.82, 2.24) is 4.90 Å². The molecule has 1 heterocycles. The number of hydrogen-bond donors (Lipinski definition) is 2. The zero-order chi connectivity index (χ0) is 12.6. The molecular formula is C12H16N2O3. The van der Waals surface area contributed by atoms with Crippen LogP contribution in [0.2, 0.25) is 0 Å². The van der Waals surface area contributed by atoms with Gasteiger partial charge in [0.15, 0.2) is 0 Å². The normalized spacial score (nSPS) is 17.5. The maximum absolute atomic E-state index is 12.1. The van der Waals surface area contributed by atoms with Gasteiger partial charge in [0.05, 0.1) is 12.7 Å². The minimum absolute atomic E-state index is 0.0403.